The Morgan fingerprint density at radius 2 is 1.85 bits per heavy atom. The number of hydrogen-bond acceptors (Lipinski definition) is 4. The van der Waals surface area contributed by atoms with Crippen LogP contribution in [-0.2, 0) is 11.3 Å². The minimum Gasteiger partial charge on any atom is -0.346 e. The van der Waals surface area contributed by atoms with Crippen LogP contribution in [0.3, 0.4) is 0 Å². The van der Waals surface area contributed by atoms with Crippen molar-refractivity contribution < 1.29 is 4.79 Å². The number of aromatic nitrogens is 1. The van der Waals surface area contributed by atoms with Gasteiger partial charge in [-0.05, 0) is 24.3 Å². The van der Waals surface area contributed by atoms with Crippen LogP contribution in [0.15, 0.2) is 65.7 Å². The van der Waals surface area contributed by atoms with E-state index < -0.39 is 0 Å². The van der Waals surface area contributed by atoms with Gasteiger partial charge in [-0.1, -0.05) is 60.4 Å². The first-order valence-corrected chi connectivity index (χ1v) is 9.69. The maximum atomic E-state index is 12.9. The second kappa shape index (κ2) is 7.39. The highest BCUT2D eigenvalue weighted by Gasteiger charge is 2.33. The van der Waals surface area contributed by atoms with Crippen LogP contribution >= 0.6 is 24.0 Å². The van der Waals surface area contributed by atoms with Gasteiger partial charge in [0.2, 0.25) is 0 Å². The molecule has 1 fully saturated rings. The Morgan fingerprint density at radius 1 is 1.11 bits per heavy atom. The molecule has 6 heteroatoms. The number of amides is 1. The normalized spacial score (nSPS) is 15.7. The van der Waals surface area contributed by atoms with Gasteiger partial charge in [0.1, 0.15) is 0 Å². The van der Waals surface area contributed by atoms with Crippen molar-refractivity contribution in [2.24, 2.45) is 0 Å². The van der Waals surface area contributed by atoms with Crippen LogP contribution in [0.1, 0.15) is 12.0 Å². The molecular weight excluding hydrogens is 374 g/mol. The molecule has 0 aliphatic carbocycles. The maximum absolute atomic E-state index is 12.9. The van der Waals surface area contributed by atoms with Gasteiger partial charge in [-0.3, -0.25) is 9.69 Å². The van der Waals surface area contributed by atoms with E-state index >= 15 is 0 Å². The van der Waals surface area contributed by atoms with E-state index in [0.29, 0.717) is 22.2 Å². The molecule has 0 saturated carbocycles. The Bertz CT molecular complexity index is 1110. The summed E-state index contributed by atoms with van der Waals surface area (Å²) >= 11 is 6.75. The monoisotopic (exact) mass is 389 g/mol. The Kier molecular flexibility index (Phi) is 4.80. The molecule has 2 heterocycles. The fourth-order valence-electron chi connectivity index (χ4n) is 3.15. The van der Waals surface area contributed by atoms with E-state index in [0.717, 1.165) is 22.2 Å². The first-order valence-electron chi connectivity index (χ1n) is 8.47. The molecule has 4 nitrogen and oxygen atoms in total. The number of thioether (sulfide) groups is 1. The van der Waals surface area contributed by atoms with Gasteiger partial charge in [-0.15, -0.1) is 0 Å². The Balaban J connectivity index is 1.73. The summed E-state index contributed by atoms with van der Waals surface area (Å²) < 4.78 is 2.59. The first-order chi connectivity index (χ1) is 13.2. The predicted octanol–water partition coefficient (Wildman–Crippen LogP) is 4.96. The van der Waals surface area contributed by atoms with Crippen LogP contribution in [-0.4, -0.2) is 14.8 Å². The SMILES string of the molecule is N#CCCn1cc(/C=C2\SC(=S)N(c3ccccc3)C2=O)c2ccccc21. The average molecular weight is 390 g/mol. The largest absolute Gasteiger partial charge is 0.346 e. The molecule has 0 unspecified atom stereocenters. The van der Waals surface area contributed by atoms with E-state index in [1.54, 1.807) is 4.90 Å². The number of nitriles is 1. The van der Waals surface area contributed by atoms with Gasteiger partial charge in [0.05, 0.1) is 23.1 Å². The van der Waals surface area contributed by atoms with Gasteiger partial charge >= 0.3 is 0 Å². The standard InChI is InChI=1S/C21H15N3OS2/c22-11-6-12-23-14-15(17-9-4-5-10-18(17)23)13-19-20(25)24(21(26)27-19)16-7-2-1-3-8-16/h1-5,7-10,13-14H,6,12H2/b19-13-. The minimum absolute atomic E-state index is 0.106. The van der Waals surface area contributed by atoms with Crippen molar-refractivity contribution in [3.63, 3.8) is 0 Å². The number of fused-ring (bicyclic) bond motifs is 1. The van der Waals surface area contributed by atoms with Gasteiger partial charge in [-0.2, -0.15) is 5.26 Å². The third-order valence-electron chi connectivity index (χ3n) is 4.38. The summed E-state index contributed by atoms with van der Waals surface area (Å²) in [5.74, 6) is -0.106. The van der Waals surface area contributed by atoms with Crippen LogP contribution < -0.4 is 4.90 Å². The van der Waals surface area contributed by atoms with Crippen LogP contribution in [0.4, 0.5) is 5.69 Å². The van der Waals surface area contributed by atoms with E-state index in [9.17, 15) is 4.79 Å². The predicted molar refractivity (Wildman–Crippen MR) is 114 cm³/mol. The van der Waals surface area contributed by atoms with E-state index in [4.69, 9.17) is 17.5 Å². The van der Waals surface area contributed by atoms with Crippen LogP contribution in [0, 0.1) is 11.3 Å². The first kappa shape index (κ1) is 17.5. The summed E-state index contributed by atoms with van der Waals surface area (Å²) in [6.07, 6.45) is 4.33. The molecule has 1 aromatic heterocycles. The van der Waals surface area contributed by atoms with E-state index in [2.05, 4.69) is 10.6 Å². The van der Waals surface area contributed by atoms with Crippen molar-refractivity contribution in [2.75, 3.05) is 4.90 Å². The molecule has 2 aromatic carbocycles. The van der Waals surface area contributed by atoms with Crippen molar-refractivity contribution in [1.82, 2.24) is 4.57 Å². The molecule has 0 N–H and O–H groups in total. The molecule has 1 amide bonds. The van der Waals surface area contributed by atoms with Crippen LogP contribution in [0.5, 0.6) is 0 Å². The Labute approximate surface area is 166 Å². The summed E-state index contributed by atoms with van der Waals surface area (Å²) in [7, 11) is 0. The summed E-state index contributed by atoms with van der Waals surface area (Å²) in [6.45, 7) is 0.621. The molecule has 4 rings (SSSR count). The third kappa shape index (κ3) is 3.27. The van der Waals surface area contributed by atoms with E-state index in [-0.39, 0.29) is 5.91 Å². The number of nitrogens with zero attached hydrogens (tertiary/aromatic N) is 3. The smallest absolute Gasteiger partial charge is 0.270 e. The molecule has 0 radical (unpaired) electrons. The lowest BCUT2D eigenvalue weighted by Gasteiger charge is -2.13. The lowest BCUT2D eigenvalue weighted by molar-refractivity contribution is -0.113. The fraction of sp³-hybridized carbons (Fsp3) is 0.0952. The highest BCUT2D eigenvalue weighted by Crippen LogP contribution is 2.37. The number of carbonyl (C=O) groups excluding carboxylic acids is 1. The number of benzene rings is 2. The zero-order valence-corrected chi connectivity index (χ0v) is 16.0. The zero-order valence-electron chi connectivity index (χ0n) is 14.3. The molecule has 1 saturated heterocycles. The van der Waals surface area contributed by atoms with E-state index in [1.165, 1.54) is 11.8 Å². The third-order valence-corrected chi connectivity index (χ3v) is 5.68. The molecule has 132 valence electrons. The van der Waals surface area contributed by atoms with Gasteiger partial charge in [0, 0.05) is 29.2 Å². The summed E-state index contributed by atoms with van der Waals surface area (Å²) in [5, 5.41) is 9.95. The Hall–Kier alpha value is -2.88. The van der Waals surface area contributed by atoms with Crippen LogP contribution in [0.2, 0.25) is 0 Å². The highest BCUT2D eigenvalue weighted by atomic mass is 32.2. The Morgan fingerprint density at radius 3 is 2.63 bits per heavy atom. The zero-order chi connectivity index (χ0) is 18.8. The fourth-order valence-corrected chi connectivity index (χ4v) is 4.44. The topological polar surface area (TPSA) is 49.0 Å². The molecule has 1 aliphatic rings. The van der Waals surface area contributed by atoms with Crippen molar-refractivity contribution in [3.05, 3.63) is 71.3 Å². The maximum Gasteiger partial charge on any atom is 0.270 e. The number of hydrogen-bond donors (Lipinski definition) is 0. The van der Waals surface area contributed by atoms with Crippen LogP contribution in [0.25, 0.3) is 17.0 Å². The van der Waals surface area contributed by atoms with Gasteiger partial charge < -0.3 is 4.57 Å². The number of anilines is 1. The number of rotatable bonds is 4. The highest BCUT2D eigenvalue weighted by molar-refractivity contribution is 8.27. The lowest BCUT2D eigenvalue weighted by atomic mass is 10.1. The number of carbonyl (C=O) groups is 1. The van der Waals surface area contributed by atoms with E-state index in [1.807, 2.05) is 66.9 Å². The molecule has 1 aliphatic heterocycles. The molecule has 3 aromatic rings. The van der Waals surface area contributed by atoms with Crippen molar-refractivity contribution >= 4 is 56.9 Å². The van der Waals surface area contributed by atoms with Gasteiger partial charge in [-0.25, -0.2) is 0 Å². The summed E-state index contributed by atoms with van der Waals surface area (Å²) in [5.41, 5.74) is 2.79. The molecule has 0 bridgehead atoms. The average Bonchev–Trinajstić information content (AvgIpc) is 3.18. The van der Waals surface area contributed by atoms with Gasteiger partial charge in [0.25, 0.3) is 5.91 Å². The minimum atomic E-state index is -0.106. The lowest BCUT2D eigenvalue weighted by Crippen LogP contribution is -2.27. The number of thiocarbonyl (C=S) groups is 1. The quantitative estimate of drug-likeness (QED) is 0.467. The molecule has 27 heavy (non-hydrogen) atoms. The number of para-hydroxylation sites is 2. The number of aryl methyl sites for hydroxylation is 1. The van der Waals surface area contributed by atoms with Crippen molar-refractivity contribution in [3.8, 4) is 6.07 Å². The summed E-state index contributed by atoms with van der Waals surface area (Å²) in [4.78, 5) is 15.1. The molecule has 0 atom stereocenters. The van der Waals surface area contributed by atoms with Gasteiger partial charge in [0.15, 0.2) is 4.32 Å². The summed E-state index contributed by atoms with van der Waals surface area (Å²) in [6, 6.07) is 19.6. The van der Waals surface area contributed by atoms with Crippen molar-refractivity contribution in [2.45, 2.75) is 13.0 Å². The molecular formula is C21H15N3OS2. The molecule has 0 spiro atoms. The second-order valence-electron chi connectivity index (χ2n) is 6.06. The van der Waals surface area contributed by atoms with Crippen molar-refractivity contribution in [1.29, 1.82) is 5.26 Å². The second-order valence-corrected chi connectivity index (χ2v) is 7.73.